The summed E-state index contributed by atoms with van der Waals surface area (Å²) in [6.45, 7) is 5.56. The third-order valence-corrected chi connectivity index (χ3v) is 4.91. The largest absolute Gasteiger partial charge is 0.469 e. The van der Waals surface area contributed by atoms with E-state index < -0.39 is 5.60 Å². The summed E-state index contributed by atoms with van der Waals surface area (Å²) in [7, 11) is 1.37. The quantitative estimate of drug-likeness (QED) is 0.529. The van der Waals surface area contributed by atoms with Crippen molar-refractivity contribution < 1.29 is 23.9 Å². The minimum absolute atomic E-state index is 0.0796. The number of fused-ring (bicyclic) bond motifs is 2. The lowest BCUT2D eigenvalue weighted by molar-refractivity contribution is -0.140. The number of ether oxygens (including phenoxy) is 2. The summed E-state index contributed by atoms with van der Waals surface area (Å²) in [6, 6.07) is -0.0267. The number of nitrogens with zero attached hydrogens (tertiary/aromatic N) is 1. The molecule has 1 unspecified atom stereocenters. The molecule has 2 aliphatic rings. The molecule has 1 amide bonds. The van der Waals surface area contributed by atoms with E-state index in [1.807, 2.05) is 26.8 Å². The van der Waals surface area contributed by atoms with Crippen molar-refractivity contribution in [3.8, 4) is 0 Å². The number of carbonyl (C=O) groups is 3. The molecule has 2 heterocycles. The molecule has 146 valence electrons. The van der Waals surface area contributed by atoms with E-state index in [2.05, 4.69) is 4.74 Å². The molecule has 2 atom stereocenters. The van der Waals surface area contributed by atoms with Crippen molar-refractivity contribution >= 4 is 17.8 Å². The molecule has 0 aliphatic carbocycles. The summed E-state index contributed by atoms with van der Waals surface area (Å²) in [6.07, 6.45) is 7.09. The van der Waals surface area contributed by atoms with Gasteiger partial charge in [0.1, 0.15) is 5.60 Å². The molecule has 0 aromatic heterocycles. The first kappa shape index (κ1) is 20.5. The van der Waals surface area contributed by atoms with Crippen LogP contribution in [0.4, 0.5) is 4.79 Å². The number of carbonyl (C=O) groups excluding carboxylic acids is 3. The standard InChI is InChI=1S/C20H31NO5/c1-20(2,3)26-19(24)21-14-8-7-9-15(16(21)13-12-14)17(22)10-5-6-11-18(23)25-4/h9,14,16H,5-8,10-13H2,1-4H3/t14-,16?/m0/s1. The molecule has 0 N–H and O–H groups in total. The van der Waals surface area contributed by atoms with Crippen LogP contribution in [0.3, 0.4) is 0 Å². The second kappa shape index (κ2) is 8.69. The molecule has 6 nitrogen and oxygen atoms in total. The van der Waals surface area contributed by atoms with Gasteiger partial charge in [-0.15, -0.1) is 0 Å². The molecule has 1 fully saturated rings. The number of amides is 1. The van der Waals surface area contributed by atoms with Gasteiger partial charge >= 0.3 is 12.1 Å². The molecule has 2 rings (SSSR count). The predicted octanol–water partition coefficient (Wildman–Crippen LogP) is 3.78. The maximum atomic E-state index is 12.7. The first-order chi connectivity index (χ1) is 12.2. The van der Waals surface area contributed by atoms with E-state index in [0.29, 0.717) is 25.7 Å². The first-order valence-corrected chi connectivity index (χ1v) is 9.54. The van der Waals surface area contributed by atoms with Crippen molar-refractivity contribution in [3.05, 3.63) is 11.6 Å². The molecule has 2 bridgehead atoms. The number of Topliss-reactive ketones (excluding diaryl/α,β-unsaturated/α-hetero) is 1. The summed E-state index contributed by atoms with van der Waals surface area (Å²) in [5, 5.41) is 0. The van der Waals surface area contributed by atoms with Crippen LogP contribution in [0.2, 0.25) is 0 Å². The lowest BCUT2D eigenvalue weighted by atomic mass is 9.94. The number of methoxy groups -OCH3 is 1. The van der Waals surface area contributed by atoms with Crippen molar-refractivity contribution in [3.63, 3.8) is 0 Å². The van der Waals surface area contributed by atoms with E-state index in [9.17, 15) is 14.4 Å². The van der Waals surface area contributed by atoms with Gasteiger partial charge in [0.15, 0.2) is 5.78 Å². The Morgan fingerprint density at radius 2 is 1.81 bits per heavy atom. The molecule has 0 aromatic rings. The predicted molar refractivity (Wildman–Crippen MR) is 97.7 cm³/mol. The first-order valence-electron chi connectivity index (χ1n) is 9.54. The maximum Gasteiger partial charge on any atom is 0.411 e. The van der Waals surface area contributed by atoms with Gasteiger partial charge in [-0.25, -0.2) is 4.79 Å². The van der Waals surface area contributed by atoms with Gasteiger partial charge in [-0.1, -0.05) is 6.08 Å². The highest BCUT2D eigenvalue weighted by molar-refractivity contribution is 5.97. The summed E-state index contributed by atoms with van der Waals surface area (Å²) < 4.78 is 10.2. The number of allylic oxidation sites excluding steroid dienone is 1. The van der Waals surface area contributed by atoms with Gasteiger partial charge in [-0.05, 0) is 59.3 Å². The second-order valence-corrected chi connectivity index (χ2v) is 8.08. The number of unbranched alkanes of at least 4 members (excludes halogenated alkanes) is 1. The molecule has 0 saturated carbocycles. The minimum atomic E-state index is -0.551. The Morgan fingerprint density at radius 1 is 1.12 bits per heavy atom. The third-order valence-electron chi connectivity index (χ3n) is 4.91. The molecular formula is C20H31NO5. The highest BCUT2D eigenvalue weighted by Crippen LogP contribution is 2.36. The molecule has 0 spiro atoms. The van der Waals surface area contributed by atoms with Crippen LogP contribution >= 0.6 is 0 Å². The fraction of sp³-hybridized carbons (Fsp3) is 0.750. The van der Waals surface area contributed by atoms with Gasteiger partial charge in [-0.3, -0.25) is 14.5 Å². The number of hydrogen-bond donors (Lipinski definition) is 0. The van der Waals surface area contributed by atoms with Crippen LogP contribution in [-0.2, 0) is 19.1 Å². The van der Waals surface area contributed by atoms with E-state index in [1.165, 1.54) is 7.11 Å². The van der Waals surface area contributed by atoms with Gasteiger partial charge in [0, 0.05) is 24.5 Å². The Morgan fingerprint density at radius 3 is 2.46 bits per heavy atom. The van der Waals surface area contributed by atoms with Gasteiger partial charge in [0.2, 0.25) is 0 Å². The lowest BCUT2D eigenvalue weighted by Gasteiger charge is -2.32. The zero-order valence-electron chi connectivity index (χ0n) is 16.4. The minimum Gasteiger partial charge on any atom is -0.469 e. The van der Waals surface area contributed by atoms with E-state index in [1.54, 1.807) is 4.90 Å². The fourth-order valence-corrected chi connectivity index (χ4v) is 3.73. The Balaban J connectivity index is 2.00. The summed E-state index contributed by atoms with van der Waals surface area (Å²) in [5.74, 6) is -0.170. The molecule has 2 aliphatic heterocycles. The average Bonchev–Trinajstić information content (AvgIpc) is 2.85. The van der Waals surface area contributed by atoms with E-state index in [0.717, 1.165) is 31.3 Å². The maximum absolute atomic E-state index is 12.7. The summed E-state index contributed by atoms with van der Waals surface area (Å²) in [5.41, 5.74) is 0.193. The van der Waals surface area contributed by atoms with Crippen molar-refractivity contribution in [1.82, 2.24) is 4.90 Å². The molecule has 26 heavy (non-hydrogen) atoms. The summed E-state index contributed by atoms with van der Waals surface area (Å²) >= 11 is 0. The van der Waals surface area contributed by atoms with Gasteiger partial charge in [0.05, 0.1) is 13.2 Å². The number of ketones is 1. The highest BCUT2D eigenvalue weighted by Gasteiger charge is 2.43. The van der Waals surface area contributed by atoms with Gasteiger partial charge in [-0.2, -0.15) is 0 Å². The fourth-order valence-electron chi connectivity index (χ4n) is 3.73. The van der Waals surface area contributed by atoms with E-state index >= 15 is 0 Å². The normalized spacial score (nSPS) is 22.5. The van der Waals surface area contributed by atoms with E-state index in [-0.39, 0.29) is 29.9 Å². The van der Waals surface area contributed by atoms with Gasteiger partial charge < -0.3 is 9.47 Å². The van der Waals surface area contributed by atoms with Crippen LogP contribution < -0.4 is 0 Å². The van der Waals surface area contributed by atoms with Gasteiger partial charge in [0.25, 0.3) is 0 Å². The zero-order chi connectivity index (χ0) is 19.3. The molecular weight excluding hydrogens is 334 g/mol. The van der Waals surface area contributed by atoms with Crippen LogP contribution in [0.5, 0.6) is 0 Å². The van der Waals surface area contributed by atoms with Crippen LogP contribution in [-0.4, -0.2) is 47.5 Å². The number of hydrogen-bond acceptors (Lipinski definition) is 5. The molecule has 0 radical (unpaired) electrons. The Bertz CT molecular complexity index is 575. The Kier molecular flexibility index (Phi) is 6.84. The zero-order valence-corrected chi connectivity index (χ0v) is 16.4. The van der Waals surface area contributed by atoms with Crippen LogP contribution in [0.1, 0.15) is 72.1 Å². The summed E-state index contributed by atoms with van der Waals surface area (Å²) in [4.78, 5) is 38.4. The second-order valence-electron chi connectivity index (χ2n) is 8.08. The van der Waals surface area contributed by atoms with Crippen molar-refractivity contribution in [2.75, 3.05) is 7.11 Å². The monoisotopic (exact) mass is 365 g/mol. The Hall–Kier alpha value is -1.85. The van der Waals surface area contributed by atoms with Crippen molar-refractivity contribution in [2.45, 2.75) is 89.8 Å². The topological polar surface area (TPSA) is 72.9 Å². The SMILES string of the molecule is COC(=O)CCCCC(=O)C1=CCC[C@H]2CCC1N2C(=O)OC(C)(C)C. The Labute approximate surface area is 155 Å². The average molecular weight is 365 g/mol. The van der Waals surface area contributed by atoms with Crippen molar-refractivity contribution in [2.24, 2.45) is 0 Å². The smallest absolute Gasteiger partial charge is 0.411 e. The molecule has 1 saturated heterocycles. The third kappa shape index (κ3) is 5.32. The molecule has 0 aromatic carbocycles. The number of esters is 1. The molecule has 6 heteroatoms. The highest BCUT2D eigenvalue weighted by atomic mass is 16.6. The lowest BCUT2D eigenvalue weighted by Crippen LogP contribution is -2.45. The van der Waals surface area contributed by atoms with Crippen molar-refractivity contribution in [1.29, 1.82) is 0 Å². The number of rotatable bonds is 6. The van der Waals surface area contributed by atoms with Crippen LogP contribution in [0.15, 0.2) is 11.6 Å². The van der Waals surface area contributed by atoms with Crippen LogP contribution in [0.25, 0.3) is 0 Å². The van der Waals surface area contributed by atoms with E-state index in [4.69, 9.17) is 4.74 Å². The van der Waals surface area contributed by atoms with Crippen LogP contribution in [0, 0.1) is 0 Å².